The number of carboxylic acid groups (broad SMARTS) is 1. The monoisotopic (exact) mass is 380 g/mol. The SMILES string of the molecule is Cn1ccnc1-c1cc(F)cc(C(=O)Nc2ccc3[nH]ccc3c2)c1.O=CO. The van der Waals surface area contributed by atoms with E-state index in [-0.39, 0.29) is 17.9 Å². The molecular formula is C20H17FN4O3. The molecule has 0 unspecified atom stereocenters. The van der Waals surface area contributed by atoms with Crippen molar-refractivity contribution in [3.63, 3.8) is 0 Å². The van der Waals surface area contributed by atoms with Gasteiger partial charge >= 0.3 is 0 Å². The molecule has 0 aliphatic rings. The molecule has 2 aromatic heterocycles. The van der Waals surface area contributed by atoms with Crippen LogP contribution in [0.2, 0.25) is 0 Å². The number of benzene rings is 2. The summed E-state index contributed by atoms with van der Waals surface area (Å²) >= 11 is 0. The van der Waals surface area contributed by atoms with Gasteiger partial charge in [0, 0.05) is 53.4 Å². The number of rotatable bonds is 3. The van der Waals surface area contributed by atoms with Crippen molar-refractivity contribution in [2.24, 2.45) is 7.05 Å². The predicted molar refractivity (Wildman–Crippen MR) is 104 cm³/mol. The predicted octanol–water partition coefficient (Wildman–Crippen LogP) is 3.66. The van der Waals surface area contributed by atoms with E-state index in [0.717, 1.165) is 10.9 Å². The Kier molecular flexibility index (Phi) is 5.50. The Labute approximate surface area is 159 Å². The van der Waals surface area contributed by atoms with Crippen LogP contribution >= 0.6 is 0 Å². The topological polar surface area (TPSA) is 100 Å². The quantitative estimate of drug-likeness (QED) is 0.472. The maximum Gasteiger partial charge on any atom is 0.290 e. The molecule has 0 atom stereocenters. The summed E-state index contributed by atoms with van der Waals surface area (Å²) in [7, 11) is 1.82. The second kappa shape index (κ2) is 8.17. The average molecular weight is 380 g/mol. The van der Waals surface area contributed by atoms with E-state index in [0.29, 0.717) is 17.1 Å². The van der Waals surface area contributed by atoms with Gasteiger partial charge in [0.05, 0.1) is 0 Å². The lowest BCUT2D eigenvalue weighted by atomic mass is 10.1. The van der Waals surface area contributed by atoms with Crippen molar-refractivity contribution in [2.45, 2.75) is 0 Å². The van der Waals surface area contributed by atoms with Crippen LogP contribution in [0.4, 0.5) is 10.1 Å². The lowest BCUT2D eigenvalue weighted by Crippen LogP contribution is -2.12. The fourth-order valence-corrected chi connectivity index (χ4v) is 2.83. The molecule has 4 rings (SSSR count). The molecule has 0 fully saturated rings. The smallest absolute Gasteiger partial charge is 0.290 e. The van der Waals surface area contributed by atoms with Gasteiger partial charge in [0.2, 0.25) is 0 Å². The minimum atomic E-state index is -0.480. The Morgan fingerprint density at radius 3 is 2.75 bits per heavy atom. The van der Waals surface area contributed by atoms with Gasteiger partial charge in [-0.15, -0.1) is 0 Å². The summed E-state index contributed by atoms with van der Waals surface area (Å²) < 4.78 is 15.8. The van der Waals surface area contributed by atoms with Crippen molar-refractivity contribution in [3.8, 4) is 11.4 Å². The lowest BCUT2D eigenvalue weighted by molar-refractivity contribution is -0.122. The highest BCUT2D eigenvalue weighted by Gasteiger charge is 2.13. The van der Waals surface area contributed by atoms with E-state index >= 15 is 0 Å². The molecule has 0 saturated carbocycles. The molecule has 0 radical (unpaired) electrons. The first-order valence-electron chi connectivity index (χ1n) is 8.26. The van der Waals surface area contributed by atoms with E-state index in [1.54, 1.807) is 29.1 Å². The van der Waals surface area contributed by atoms with Gasteiger partial charge in [-0.3, -0.25) is 9.59 Å². The number of carbonyl (C=O) groups excluding carboxylic acids is 1. The molecule has 7 nitrogen and oxygen atoms in total. The van der Waals surface area contributed by atoms with E-state index in [9.17, 15) is 9.18 Å². The van der Waals surface area contributed by atoms with Gasteiger partial charge in [-0.1, -0.05) is 0 Å². The number of imidazole rings is 1. The van der Waals surface area contributed by atoms with Crippen molar-refractivity contribution >= 4 is 29.0 Å². The molecule has 0 aliphatic carbocycles. The molecule has 0 bridgehead atoms. The molecule has 8 heteroatoms. The van der Waals surface area contributed by atoms with Gasteiger partial charge < -0.3 is 20.0 Å². The van der Waals surface area contributed by atoms with Crippen LogP contribution < -0.4 is 5.32 Å². The molecule has 2 aromatic carbocycles. The molecular weight excluding hydrogens is 363 g/mol. The first-order chi connectivity index (χ1) is 13.5. The van der Waals surface area contributed by atoms with Crippen LogP contribution in [0.3, 0.4) is 0 Å². The zero-order valence-electron chi connectivity index (χ0n) is 14.9. The van der Waals surface area contributed by atoms with Gasteiger partial charge in [0.25, 0.3) is 12.4 Å². The van der Waals surface area contributed by atoms with Crippen LogP contribution in [0.15, 0.2) is 61.1 Å². The number of carbonyl (C=O) groups is 2. The summed E-state index contributed by atoms with van der Waals surface area (Å²) in [5, 5.41) is 10.7. The number of halogens is 1. The number of nitrogens with one attached hydrogen (secondary N) is 2. The van der Waals surface area contributed by atoms with Crippen LogP contribution in [0, 0.1) is 5.82 Å². The highest BCUT2D eigenvalue weighted by molar-refractivity contribution is 6.05. The van der Waals surface area contributed by atoms with E-state index in [1.807, 2.05) is 31.4 Å². The third-order valence-corrected chi connectivity index (χ3v) is 4.05. The summed E-state index contributed by atoms with van der Waals surface area (Å²) in [6.45, 7) is -0.250. The number of hydrogen-bond donors (Lipinski definition) is 3. The summed E-state index contributed by atoms with van der Waals surface area (Å²) in [5.74, 6) is -0.251. The van der Waals surface area contributed by atoms with Crippen molar-refractivity contribution in [1.82, 2.24) is 14.5 Å². The first kappa shape index (κ1) is 18.8. The zero-order chi connectivity index (χ0) is 20.1. The minimum Gasteiger partial charge on any atom is -0.483 e. The number of aromatic amines is 1. The molecule has 4 aromatic rings. The van der Waals surface area contributed by atoms with Gasteiger partial charge in [-0.25, -0.2) is 9.37 Å². The third kappa shape index (κ3) is 4.07. The van der Waals surface area contributed by atoms with E-state index in [2.05, 4.69) is 15.3 Å². The van der Waals surface area contributed by atoms with Gasteiger partial charge in [-0.05, 0) is 42.5 Å². The molecule has 1 amide bonds. The Morgan fingerprint density at radius 1 is 1.25 bits per heavy atom. The van der Waals surface area contributed by atoms with Crippen LogP contribution in [0.25, 0.3) is 22.3 Å². The minimum absolute atomic E-state index is 0.243. The highest BCUT2D eigenvalue weighted by atomic mass is 19.1. The van der Waals surface area contributed by atoms with Gasteiger partial charge in [0.1, 0.15) is 11.6 Å². The number of amides is 1. The van der Waals surface area contributed by atoms with Crippen LogP contribution in [-0.4, -0.2) is 32.0 Å². The summed E-state index contributed by atoms with van der Waals surface area (Å²) in [4.78, 5) is 28.2. The number of anilines is 1. The summed E-state index contributed by atoms with van der Waals surface area (Å²) in [6.07, 6.45) is 5.24. The Hall–Kier alpha value is -3.94. The number of nitrogens with zero attached hydrogens (tertiary/aromatic N) is 2. The Balaban J connectivity index is 0.000000706. The number of fused-ring (bicyclic) bond motifs is 1. The average Bonchev–Trinajstić information content (AvgIpc) is 3.30. The van der Waals surface area contributed by atoms with E-state index in [4.69, 9.17) is 9.90 Å². The Morgan fingerprint density at radius 2 is 2.04 bits per heavy atom. The normalized spacial score (nSPS) is 10.2. The highest BCUT2D eigenvalue weighted by Crippen LogP contribution is 2.22. The molecule has 142 valence electrons. The van der Waals surface area contributed by atoms with Crippen molar-refractivity contribution in [3.05, 3.63) is 72.4 Å². The molecule has 2 heterocycles. The maximum atomic E-state index is 14.0. The largest absolute Gasteiger partial charge is 0.483 e. The molecule has 0 saturated heterocycles. The van der Waals surface area contributed by atoms with Crippen LogP contribution in [0.1, 0.15) is 10.4 Å². The standard InChI is InChI=1S/C19H15FN4O.CH2O2/c1-24-7-6-22-18(24)13-8-14(10-15(20)9-13)19(25)23-16-2-3-17-12(11-16)4-5-21-17;2-1-3/h2-11,21H,1H3,(H,23,25);1H,(H,2,3). The van der Waals surface area contributed by atoms with E-state index < -0.39 is 5.82 Å². The summed E-state index contributed by atoms with van der Waals surface area (Å²) in [6, 6.07) is 11.7. The second-order valence-corrected chi connectivity index (χ2v) is 5.93. The van der Waals surface area contributed by atoms with Crippen molar-refractivity contribution in [2.75, 3.05) is 5.32 Å². The van der Waals surface area contributed by atoms with Gasteiger partial charge in [0.15, 0.2) is 0 Å². The fraction of sp³-hybridized carbons (Fsp3) is 0.0500. The molecule has 0 aliphatic heterocycles. The lowest BCUT2D eigenvalue weighted by Gasteiger charge is -2.08. The molecule has 0 spiro atoms. The van der Waals surface area contributed by atoms with Crippen LogP contribution in [0.5, 0.6) is 0 Å². The maximum absolute atomic E-state index is 14.0. The fourth-order valence-electron chi connectivity index (χ4n) is 2.83. The van der Waals surface area contributed by atoms with Crippen molar-refractivity contribution < 1.29 is 19.1 Å². The third-order valence-electron chi connectivity index (χ3n) is 4.05. The number of aromatic nitrogens is 3. The first-order valence-corrected chi connectivity index (χ1v) is 8.26. The van der Waals surface area contributed by atoms with Crippen LogP contribution in [-0.2, 0) is 11.8 Å². The zero-order valence-corrected chi connectivity index (χ0v) is 14.9. The second-order valence-electron chi connectivity index (χ2n) is 5.93. The van der Waals surface area contributed by atoms with Gasteiger partial charge in [-0.2, -0.15) is 0 Å². The van der Waals surface area contributed by atoms with Crippen molar-refractivity contribution in [1.29, 1.82) is 0 Å². The Bertz CT molecular complexity index is 1130. The number of H-pyrrole nitrogens is 1. The number of hydrogen-bond acceptors (Lipinski definition) is 3. The van der Waals surface area contributed by atoms with E-state index in [1.165, 1.54) is 12.1 Å². The molecule has 3 N–H and O–H groups in total. The summed E-state index contributed by atoms with van der Waals surface area (Å²) in [5.41, 5.74) is 2.44. The number of aryl methyl sites for hydroxylation is 1. The molecule has 28 heavy (non-hydrogen) atoms.